The summed E-state index contributed by atoms with van der Waals surface area (Å²) in [7, 11) is 0. The number of hydrogen-bond acceptors (Lipinski definition) is 4. The number of piperazine rings is 1. The van der Waals surface area contributed by atoms with E-state index in [4.69, 9.17) is 0 Å². The predicted octanol–water partition coefficient (Wildman–Crippen LogP) is 2.40. The number of aryl methyl sites for hydroxylation is 1. The Labute approximate surface area is 155 Å². The second kappa shape index (κ2) is 7.87. The maximum Gasteiger partial charge on any atom is 0.234 e. The molecule has 4 rings (SSSR count). The zero-order valence-electron chi connectivity index (χ0n) is 15.1. The summed E-state index contributed by atoms with van der Waals surface area (Å²) in [5, 5.41) is 3.26. The Morgan fingerprint density at radius 3 is 2.69 bits per heavy atom. The van der Waals surface area contributed by atoms with Crippen LogP contribution in [0.1, 0.15) is 30.0 Å². The summed E-state index contributed by atoms with van der Waals surface area (Å²) in [6, 6.07) is 14.7. The van der Waals surface area contributed by atoms with Crippen LogP contribution in [-0.4, -0.2) is 48.5 Å². The summed E-state index contributed by atoms with van der Waals surface area (Å²) in [5.74, 6) is 1.16. The lowest BCUT2D eigenvalue weighted by molar-refractivity contribution is -0.123. The van der Waals surface area contributed by atoms with Gasteiger partial charge in [0, 0.05) is 32.4 Å². The monoisotopic (exact) mass is 350 g/mol. The van der Waals surface area contributed by atoms with Crippen LogP contribution in [0.25, 0.3) is 0 Å². The molecule has 2 aliphatic rings. The number of nitrogens with one attached hydrogen (secondary N) is 1. The van der Waals surface area contributed by atoms with Crippen molar-refractivity contribution in [3.8, 4) is 0 Å². The predicted molar refractivity (Wildman–Crippen MR) is 103 cm³/mol. The van der Waals surface area contributed by atoms with Crippen molar-refractivity contribution in [2.75, 3.05) is 37.6 Å². The Balaban J connectivity index is 1.29. The highest BCUT2D eigenvalue weighted by molar-refractivity contribution is 5.78. The van der Waals surface area contributed by atoms with Crippen molar-refractivity contribution in [2.24, 2.45) is 0 Å². The molecular weight excluding hydrogens is 324 g/mol. The van der Waals surface area contributed by atoms with Crippen molar-refractivity contribution in [3.63, 3.8) is 0 Å². The highest BCUT2D eigenvalue weighted by atomic mass is 16.2. The Hall–Kier alpha value is -2.40. The van der Waals surface area contributed by atoms with Gasteiger partial charge in [0.25, 0.3) is 0 Å². The lowest BCUT2D eigenvalue weighted by Gasteiger charge is -2.35. The standard InChI is InChI=1S/C21H26N4O/c26-21(23-19-9-5-7-17-6-1-2-8-18(17)19)16-24-12-14-25(15-13-24)20-10-3-4-11-22-20/h1-4,6,8,10-11,19H,5,7,9,12-16H2,(H,23,26)/t19-/m1/s1. The zero-order valence-corrected chi connectivity index (χ0v) is 15.1. The third-order valence-corrected chi connectivity index (χ3v) is 5.42. The maximum atomic E-state index is 12.6. The van der Waals surface area contributed by atoms with Gasteiger partial charge in [0.1, 0.15) is 5.82 Å². The van der Waals surface area contributed by atoms with Crippen LogP contribution in [0.3, 0.4) is 0 Å². The van der Waals surface area contributed by atoms with Crippen molar-refractivity contribution in [1.29, 1.82) is 0 Å². The molecule has 0 radical (unpaired) electrons. The SMILES string of the molecule is O=C(CN1CCN(c2ccccn2)CC1)N[C@@H]1CCCc2ccccc21. The fourth-order valence-electron chi connectivity index (χ4n) is 4.02. The van der Waals surface area contributed by atoms with Gasteiger partial charge in [-0.05, 0) is 42.5 Å². The Kier molecular flexibility index (Phi) is 5.16. The number of rotatable bonds is 4. The Bertz CT molecular complexity index is 741. The second-order valence-corrected chi connectivity index (χ2v) is 7.16. The third kappa shape index (κ3) is 3.88. The number of fused-ring (bicyclic) bond motifs is 1. The molecule has 1 aliphatic carbocycles. The number of carbonyl (C=O) groups is 1. The van der Waals surface area contributed by atoms with Gasteiger partial charge in [-0.15, -0.1) is 0 Å². The third-order valence-electron chi connectivity index (χ3n) is 5.42. The number of nitrogens with zero attached hydrogens (tertiary/aromatic N) is 3. The van der Waals surface area contributed by atoms with E-state index in [0.717, 1.165) is 51.3 Å². The number of pyridine rings is 1. The average molecular weight is 350 g/mol. The summed E-state index contributed by atoms with van der Waals surface area (Å²) >= 11 is 0. The molecule has 0 spiro atoms. The zero-order chi connectivity index (χ0) is 17.8. The molecule has 1 aliphatic heterocycles. The molecular formula is C21H26N4O. The number of amides is 1. The van der Waals surface area contributed by atoms with E-state index in [1.165, 1.54) is 11.1 Å². The van der Waals surface area contributed by atoms with Gasteiger partial charge in [-0.1, -0.05) is 30.3 Å². The van der Waals surface area contributed by atoms with Gasteiger partial charge in [0.2, 0.25) is 5.91 Å². The average Bonchev–Trinajstić information content (AvgIpc) is 2.69. The van der Waals surface area contributed by atoms with Crippen molar-refractivity contribution >= 4 is 11.7 Å². The molecule has 1 saturated heterocycles. The molecule has 0 bridgehead atoms. The fourth-order valence-corrected chi connectivity index (χ4v) is 4.02. The number of aromatic nitrogens is 1. The minimum absolute atomic E-state index is 0.137. The lowest BCUT2D eigenvalue weighted by Crippen LogP contribution is -2.50. The Morgan fingerprint density at radius 1 is 1.08 bits per heavy atom. The van der Waals surface area contributed by atoms with Gasteiger partial charge in [-0.25, -0.2) is 4.98 Å². The van der Waals surface area contributed by atoms with Crippen LogP contribution in [0.4, 0.5) is 5.82 Å². The van der Waals surface area contributed by atoms with Crippen LogP contribution in [0, 0.1) is 0 Å². The van der Waals surface area contributed by atoms with E-state index < -0.39 is 0 Å². The minimum atomic E-state index is 0.137. The first-order valence-electron chi connectivity index (χ1n) is 9.55. The van der Waals surface area contributed by atoms with Crippen molar-refractivity contribution < 1.29 is 4.79 Å². The van der Waals surface area contributed by atoms with Crippen molar-refractivity contribution in [2.45, 2.75) is 25.3 Å². The minimum Gasteiger partial charge on any atom is -0.354 e. The second-order valence-electron chi connectivity index (χ2n) is 7.16. The van der Waals surface area contributed by atoms with Crippen molar-refractivity contribution in [1.82, 2.24) is 15.2 Å². The summed E-state index contributed by atoms with van der Waals surface area (Å²) in [6.45, 7) is 4.10. The number of anilines is 1. The normalized spacial score (nSPS) is 20.5. The summed E-state index contributed by atoms with van der Waals surface area (Å²) in [5.41, 5.74) is 2.68. The molecule has 2 aromatic rings. The van der Waals surface area contributed by atoms with Crippen LogP contribution in [0.5, 0.6) is 0 Å². The topological polar surface area (TPSA) is 48.5 Å². The molecule has 5 nitrogen and oxygen atoms in total. The summed E-state index contributed by atoms with van der Waals surface area (Å²) in [4.78, 5) is 21.5. The largest absolute Gasteiger partial charge is 0.354 e. The lowest BCUT2D eigenvalue weighted by atomic mass is 9.88. The van der Waals surface area contributed by atoms with E-state index in [0.29, 0.717) is 6.54 Å². The van der Waals surface area contributed by atoms with Crippen LogP contribution >= 0.6 is 0 Å². The highest BCUT2D eigenvalue weighted by Crippen LogP contribution is 2.29. The van der Waals surface area contributed by atoms with Crippen LogP contribution in [0.15, 0.2) is 48.7 Å². The summed E-state index contributed by atoms with van der Waals surface area (Å²) in [6.07, 6.45) is 5.14. The number of benzene rings is 1. The molecule has 0 unspecified atom stereocenters. The van der Waals surface area contributed by atoms with Crippen molar-refractivity contribution in [3.05, 3.63) is 59.8 Å². The highest BCUT2D eigenvalue weighted by Gasteiger charge is 2.24. The molecule has 1 fully saturated rings. The molecule has 2 heterocycles. The molecule has 1 N–H and O–H groups in total. The van der Waals surface area contributed by atoms with Gasteiger partial charge in [-0.2, -0.15) is 0 Å². The van der Waals surface area contributed by atoms with Crippen LogP contribution < -0.4 is 10.2 Å². The first kappa shape index (κ1) is 17.0. The first-order valence-corrected chi connectivity index (χ1v) is 9.55. The van der Waals surface area contributed by atoms with Crippen LogP contribution in [-0.2, 0) is 11.2 Å². The van der Waals surface area contributed by atoms with Gasteiger partial charge < -0.3 is 10.2 Å². The molecule has 136 valence electrons. The molecule has 1 aromatic heterocycles. The van der Waals surface area contributed by atoms with E-state index in [2.05, 4.69) is 44.4 Å². The fraction of sp³-hybridized carbons (Fsp3) is 0.429. The van der Waals surface area contributed by atoms with E-state index in [-0.39, 0.29) is 11.9 Å². The quantitative estimate of drug-likeness (QED) is 0.920. The smallest absolute Gasteiger partial charge is 0.234 e. The molecule has 1 aromatic carbocycles. The molecule has 26 heavy (non-hydrogen) atoms. The Morgan fingerprint density at radius 2 is 1.88 bits per heavy atom. The van der Waals surface area contributed by atoms with Gasteiger partial charge in [-0.3, -0.25) is 9.69 Å². The van der Waals surface area contributed by atoms with E-state index in [1.54, 1.807) is 0 Å². The van der Waals surface area contributed by atoms with Crippen LogP contribution in [0.2, 0.25) is 0 Å². The number of hydrogen-bond donors (Lipinski definition) is 1. The van der Waals surface area contributed by atoms with E-state index in [1.807, 2.05) is 24.4 Å². The summed E-state index contributed by atoms with van der Waals surface area (Å²) < 4.78 is 0. The molecule has 1 atom stereocenters. The molecule has 0 saturated carbocycles. The van der Waals surface area contributed by atoms with Gasteiger partial charge in [0.05, 0.1) is 12.6 Å². The first-order chi connectivity index (χ1) is 12.8. The number of carbonyl (C=O) groups excluding carboxylic acids is 1. The van der Waals surface area contributed by atoms with Gasteiger partial charge >= 0.3 is 0 Å². The van der Waals surface area contributed by atoms with Gasteiger partial charge in [0.15, 0.2) is 0 Å². The maximum absolute atomic E-state index is 12.6. The van der Waals surface area contributed by atoms with E-state index >= 15 is 0 Å². The molecule has 1 amide bonds. The van der Waals surface area contributed by atoms with E-state index in [9.17, 15) is 4.79 Å². The molecule has 5 heteroatoms.